The summed E-state index contributed by atoms with van der Waals surface area (Å²) >= 11 is 1.64. The fraction of sp³-hybridized carbons (Fsp3) is 0.292. The molecule has 0 fully saturated rings. The smallest absolute Gasteiger partial charge is 0.220 e. The van der Waals surface area contributed by atoms with Crippen LogP contribution in [-0.2, 0) is 9.59 Å². The number of amides is 1. The molecule has 0 bridgehead atoms. The van der Waals surface area contributed by atoms with Crippen LogP contribution in [0.2, 0.25) is 0 Å². The first-order valence-electron chi connectivity index (χ1n) is 10.4. The Morgan fingerprint density at radius 3 is 2.50 bits per heavy atom. The number of thioether (sulfide) groups is 1. The van der Waals surface area contributed by atoms with Gasteiger partial charge in [0.1, 0.15) is 23.3 Å². The summed E-state index contributed by atoms with van der Waals surface area (Å²) in [6.07, 6.45) is 0.585. The first kappa shape index (κ1) is 21.9. The number of hydrogen-bond donors (Lipinski definition) is 1. The molecule has 0 saturated heterocycles. The maximum atomic E-state index is 13.7. The van der Waals surface area contributed by atoms with E-state index in [0.717, 1.165) is 27.6 Å². The Kier molecular flexibility index (Phi) is 6.19. The number of hydrogen-bond acceptors (Lipinski definition) is 6. The highest BCUT2D eigenvalue weighted by Gasteiger charge is 2.31. The topological polar surface area (TPSA) is 76.4 Å². The van der Waals surface area contributed by atoms with Gasteiger partial charge in [-0.05, 0) is 42.3 Å². The third-order valence-electron chi connectivity index (χ3n) is 5.78. The highest BCUT2D eigenvalue weighted by Crippen LogP contribution is 2.40. The summed E-state index contributed by atoms with van der Waals surface area (Å²) < 4.78 is 13.7. The average Bonchev–Trinajstić information content (AvgIpc) is 3.04. The molecule has 2 heterocycles. The number of nitrogens with zero attached hydrogens (tertiary/aromatic N) is 3. The fourth-order valence-corrected chi connectivity index (χ4v) is 5.30. The van der Waals surface area contributed by atoms with E-state index in [-0.39, 0.29) is 42.0 Å². The number of Topliss-reactive ketones (excluding diaryl/α,β-unsaturated/α-hetero) is 1. The number of nitriles is 1. The van der Waals surface area contributed by atoms with Crippen molar-refractivity contribution in [3.63, 3.8) is 0 Å². The van der Waals surface area contributed by atoms with Crippen LogP contribution in [0.5, 0.6) is 0 Å². The quantitative estimate of drug-likeness (QED) is 0.545. The highest BCUT2D eigenvalue weighted by atomic mass is 32.2. The summed E-state index contributed by atoms with van der Waals surface area (Å²) in [5.74, 6) is 0.329. The molecule has 1 amide bonds. The average molecular weight is 451 g/mol. The molecule has 2 aromatic rings. The third-order valence-corrected chi connectivity index (χ3v) is 6.90. The molecular formula is C24H23FN4O2S. The van der Waals surface area contributed by atoms with Crippen LogP contribution in [-0.4, -0.2) is 31.5 Å². The second kappa shape index (κ2) is 9.05. The number of benzene rings is 2. The number of ketones is 1. The highest BCUT2D eigenvalue weighted by molar-refractivity contribution is 7.99. The number of nitrogens with one attached hydrogen (secondary N) is 1. The molecule has 1 atom stereocenters. The number of halogens is 1. The van der Waals surface area contributed by atoms with Gasteiger partial charge in [-0.1, -0.05) is 12.1 Å². The molecule has 0 spiro atoms. The van der Waals surface area contributed by atoms with Gasteiger partial charge in [0.25, 0.3) is 0 Å². The second-order valence-corrected chi connectivity index (χ2v) is 8.92. The van der Waals surface area contributed by atoms with Gasteiger partial charge in [-0.15, -0.1) is 11.8 Å². The summed E-state index contributed by atoms with van der Waals surface area (Å²) in [5.41, 5.74) is 2.61. The van der Waals surface area contributed by atoms with Gasteiger partial charge in [0.15, 0.2) is 5.78 Å². The van der Waals surface area contributed by atoms with Gasteiger partial charge < -0.3 is 15.1 Å². The summed E-state index contributed by atoms with van der Waals surface area (Å²) in [6.45, 7) is 0. The Balaban J connectivity index is 1.44. The molecule has 0 aromatic heterocycles. The summed E-state index contributed by atoms with van der Waals surface area (Å²) in [4.78, 5) is 30.0. The summed E-state index contributed by atoms with van der Waals surface area (Å²) in [7, 11) is 3.62. The van der Waals surface area contributed by atoms with Gasteiger partial charge in [-0.2, -0.15) is 5.26 Å². The van der Waals surface area contributed by atoms with Crippen LogP contribution in [0, 0.1) is 17.1 Å². The van der Waals surface area contributed by atoms with E-state index in [1.807, 2.05) is 54.2 Å². The monoisotopic (exact) mass is 450 g/mol. The van der Waals surface area contributed by atoms with Crippen molar-refractivity contribution in [1.29, 1.82) is 5.26 Å². The van der Waals surface area contributed by atoms with Gasteiger partial charge in [0.2, 0.25) is 5.91 Å². The maximum absolute atomic E-state index is 13.7. The van der Waals surface area contributed by atoms with Crippen LogP contribution in [0.1, 0.15) is 30.9 Å². The first-order chi connectivity index (χ1) is 15.4. The van der Waals surface area contributed by atoms with Gasteiger partial charge in [-0.25, -0.2) is 4.39 Å². The lowest BCUT2D eigenvalue weighted by Gasteiger charge is -2.26. The number of anilines is 2. The van der Waals surface area contributed by atoms with Crippen molar-refractivity contribution in [2.24, 2.45) is 0 Å². The fourth-order valence-electron chi connectivity index (χ4n) is 4.19. The minimum absolute atomic E-state index is 0.0282. The van der Waals surface area contributed by atoms with E-state index < -0.39 is 0 Å². The van der Waals surface area contributed by atoms with E-state index in [0.29, 0.717) is 12.2 Å². The van der Waals surface area contributed by atoms with Gasteiger partial charge in [0, 0.05) is 37.6 Å². The van der Waals surface area contributed by atoms with E-state index in [2.05, 4.69) is 5.32 Å². The number of allylic oxidation sites excluding steroid dienone is 1. The molecule has 32 heavy (non-hydrogen) atoms. The normalized spacial score (nSPS) is 16.8. The third kappa shape index (κ3) is 4.08. The summed E-state index contributed by atoms with van der Waals surface area (Å²) in [5, 5.41) is 12.6. The Morgan fingerprint density at radius 2 is 1.84 bits per heavy atom. The number of rotatable bonds is 5. The van der Waals surface area contributed by atoms with Crippen molar-refractivity contribution < 1.29 is 14.0 Å². The largest absolute Gasteiger partial charge is 0.349 e. The Bertz CT molecular complexity index is 1130. The number of carbonyl (C=O) groups excluding carboxylic acids is 2. The van der Waals surface area contributed by atoms with Crippen molar-refractivity contribution >= 4 is 34.8 Å². The van der Waals surface area contributed by atoms with Gasteiger partial charge >= 0.3 is 0 Å². The van der Waals surface area contributed by atoms with E-state index in [1.54, 1.807) is 17.8 Å². The SMILES string of the molecule is CN1C(=C(C#N)C(=O)CCC(=O)NC2CCSc3ccc(F)cc32)N(C)c2ccccc21. The second-order valence-electron chi connectivity index (χ2n) is 7.78. The zero-order valence-electron chi connectivity index (χ0n) is 17.9. The zero-order chi connectivity index (χ0) is 22.8. The van der Waals surface area contributed by atoms with Crippen LogP contribution >= 0.6 is 11.8 Å². The van der Waals surface area contributed by atoms with Crippen LogP contribution in [0.3, 0.4) is 0 Å². The minimum Gasteiger partial charge on any atom is -0.349 e. The lowest BCUT2D eigenvalue weighted by molar-refractivity contribution is -0.124. The Morgan fingerprint density at radius 1 is 1.16 bits per heavy atom. The Labute approximate surface area is 190 Å². The first-order valence-corrected chi connectivity index (χ1v) is 11.3. The molecule has 1 unspecified atom stereocenters. The molecule has 8 heteroatoms. The van der Waals surface area contributed by atoms with Gasteiger partial charge in [0.05, 0.1) is 17.4 Å². The zero-order valence-corrected chi connectivity index (χ0v) is 18.7. The summed E-state index contributed by atoms with van der Waals surface area (Å²) in [6, 6.07) is 14.0. The molecule has 0 radical (unpaired) electrons. The molecule has 2 aromatic carbocycles. The van der Waals surface area contributed by atoms with E-state index in [9.17, 15) is 19.2 Å². The molecule has 0 saturated carbocycles. The van der Waals surface area contributed by atoms with E-state index in [4.69, 9.17) is 0 Å². The van der Waals surface area contributed by atoms with E-state index in [1.165, 1.54) is 12.1 Å². The van der Waals surface area contributed by atoms with Crippen LogP contribution in [0.15, 0.2) is 58.8 Å². The van der Waals surface area contributed by atoms with Crippen molar-refractivity contribution in [1.82, 2.24) is 5.32 Å². The molecule has 0 aliphatic carbocycles. The van der Waals surface area contributed by atoms with Crippen molar-refractivity contribution in [2.45, 2.75) is 30.2 Å². The maximum Gasteiger partial charge on any atom is 0.220 e. The predicted molar refractivity (Wildman–Crippen MR) is 123 cm³/mol. The van der Waals surface area contributed by atoms with Crippen LogP contribution in [0.4, 0.5) is 15.8 Å². The molecule has 2 aliphatic rings. The molecule has 164 valence electrons. The van der Waals surface area contributed by atoms with Crippen LogP contribution < -0.4 is 15.1 Å². The van der Waals surface area contributed by atoms with E-state index >= 15 is 0 Å². The van der Waals surface area contributed by atoms with Crippen molar-refractivity contribution in [3.8, 4) is 6.07 Å². The number of carbonyl (C=O) groups is 2. The molecule has 4 rings (SSSR count). The molecule has 1 N–H and O–H groups in total. The van der Waals surface area contributed by atoms with Gasteiger partial charge in [-0.3, -0.25) is 9.59 Å². The van der Waals surface area contributed by atoms with Crippen LogP contribution in [0.25, 0.3) is 0 Å². The minimum atomic E-state index is -0.380. The van der Waals surface area contributed by atoms with Crippen molar-refractivity contribution in [2.75, 3.05) is 29.6 Å². The van der Waals surface area contributed by atoms with Crippen molar-refractivity contribution in [3.05, 3.63) is 65.2 Å². The molecular weight excluding hydrogens is 427 g/mol. The Hall–Kier alpha value is -3.31. The number of fused-ring (bicyclic) bond motifs is 2. The standard InChI is InChI=1S/C24H23FN4O2S/c1-28-19-5-3-4-6-20(19)29(2)24(28)17(14-26)21(30)8-10-23(31)27-18-11-12-32-22-9-7-15(25)13-16(18)22/h3-7,9,13,18H,8,10-12H2,1-2H3,(H,27,31). The lowest BCUT2D eigenvalue weighted by atomic mass is 10.0. The number of para-hydroxylation sites is 2. The predicted octanol–water partition coefficient (Wildman–Crippen LogP) is 4.15. The molecule has 2 aliphatic heterocycles. The lowest BCUT2D eigenvalue weighted by Crippen LogP contribution is -2.31. The molecule has 6 nitrogen and oxygen atoms in total.